The smallest absolute Gasteiger partial charge is 0.305 e. The summed E-state index contributed by atoms with van der Waals surface area (Å²) in [7, 11) is 0. The molecule has 0 bridgehead atoms. The molecular weight excluding hydrogens is 294 g/mol. The van der Waals surface area contributed by atoms with Crippen LogP contribution in [0.2, 0.25) is 0 Å². The zero-order chi connectivity index (χ0) is 14.8. The maximum Gasteiger partial charge on any atom is 0.305 e. The number of nitrogens with zero attached hydrogens (tertiary/aromatic N) is 3. The van der Waals surface area contributed by atoms with Gasteiger partial charge in [0.05, 0.1) is 25.3 Å². The number of rotatable bonds is 4. The van der Waals surface area contributed by atoms with Crippen LogP contribution in [-0.4, -0.2) is 51.2 Å². The lowest BCUT2D eigenvalue weighted by molar-refractivity contribution is -0.140. The van der Waals surface area contributed by atoms with Crippen molar-refractivity contribution in [2.24, 2.45) is 0 Å². The van der Waals surface area contributed by atoms with Crippen LogP contribution in [0.15, 0.2) is 22.4 Å². The Hall–Kier alpha value is -1.77. The van der Waals surface area contributed by atoms with Crippen LogP contribution in [0.25, 0.3) is 4.96 Å². The monoisotopic (exact) mass is 309 g/mol. The lowest BCUT2D eigenvalue weighted by Gasteiger charge is -2.34. The molecular formula is C13H15N3O4S. The van der Waals surface area contributed by atoms with E-state index in [1.165, 1.54) is 21.8 Å². The van der Waals surface area contributed by atoms with Crippen molar-refractivity contribution in [3.8, 4) is 0 Å². The molecule has 7 nitrogen and oxygen atoms in total. The number of hydrogen-bond donors (Lipinski definition) is 1. The van der Waals surface area contributed by atoms with Crippen LogP contribution >= 0.6 is 11.3 Å². The van der Waals surface area contributed by atoms with Crippen LogP contribution < -0.4 is 5.56 Å². The number of thiazole rings is 1. The molecule has 1 atom stereocenters. The van der Waals surface area contributed by atoms with E-state index < -0.39 is 5.97 Å². The molecule has 0 spiro atoms. The summed E-state index contributed by atoms with van der Waals surface area (Å²) in [5.41, 5.74) is 0.555. The Kier molecular flexibility index (Phi) is 4.00. The van der Waals surface area contributed by atoms with E-state index in [4.69, 9.17) is 9.84 Å². The SMILES string of the molecule is O=C(O)CC1COCCN1Cc1cc(=O)n2ccsc2n1. The molecule has 1 N–H and O–H groups in total. The number of aliphatic carboxylic acids is 1. The highest BCUT2D eigenvalue weighted by atomic mass is 32.1. The molecule has 112 valence electrons. The topological polar surface area (TPSA) is 84.1 Å². The Morgan fingerprint density at radius 2 is 2.43 bits per heavy atom. The number of hydrogen-bond acceptors (Lipinski definition) is 6. The quantitative estimate of drug-likeness (QED) is 0.882. The molecule has 0 aliphatic carbocycles. The van der Waals surface area contributed by atoms with E-state index in [1.807, 2.05) is 10.3 Å². The second-order valence-corrected chi connectivity index (χ2v) is 5.81. The average molecular weight is 309 g/mol. The van der Waals surface area contributed by atoms with Gasteiger partial charge in [-0.1, -0.05) is 0 Å². The molecule has 1 saturated heterocycles. The molecule has 0 aromatic carbocycles. The first-order valence-electron chi connectivity index (χ1n) is 6.63. The molecule has 0 amide bonds. The summed E-state index contributed by atoms with van der Waals surface area (Å²) >= 11 is 1.40. The van der Waals surface area contributed by atoms with Crippen molar-refractivity contribution < 1.29 is 14.6 Å². The molecule has 3 rings (SSSR count). The first-order valence-corrected chi connectivity index (χ1v) is 7.51. The minimum Gasteiger partial charge on any atom is -0.481 e. The van der Waals surface area contributed by atoms with Gasteiger partial charge in [-0.15, -0.1) is 11.3 Å². The van der Waals surface area contributed by atoms with Gasteiger partial charge in [0, 0.05) is 36.8 Å². The lowest BCUT2D eigenvalue weighted by atomic mass is 10.1. The minimum absolute atomic E-state index is 0.0280. The number of ether oxygens (including phenoxy) is 1. The van der Waals surface area contributed by atoms with E-state index in [-0.39, 0.29) is 18.0 Å². The Morgan fingerprint density at radius 3 is 3.24 bits per heavy atom. The van der Waals surface area contributed by atoms with E-state index in [0.717, 1.165) is 0 Å². The van der Waals surface area contributed by atoms with E-state index in [2.05, 4.69) is 4.98 Å². The number of carbonyl (C=O) groups is 1. The van der Waals surface area contributed by atoms with Gasteiger partial charge >= 0.3 is 5.97 Å². The van der Waals surface area contributed by atoms with Crippen LogP contribution in [0.5, 0.6) is 0 Å². The number of carboxylic acids is 1. The molecule has 8 heteroatoms. The molecule has 21 heavy (non-hydrogen) atoms. The van der Waals surface area contributed by atoms with Crippen LogP contribution in [0.3, 0.4) is 0 Å². The standard InChI is InChI=1S/C13H15N3O4S/c17-11-5-9(14-13-16(11)2-4-21-13)7-15-1-3-20-8-10(15)6-12(18)19/h2,4-5,10H,1,3,6-8H2,(H,18,19). The highest BCUT2D eigenvalue weighted by Crippen LogP contribution is 2.15. The third-order valence-electron chi connectivity index (χ3n) is 3.48. The minimum atomic E-state index is -0.850. The number of fused-ring (bicyclic) bond motifs is 1. The fraction of sp³-hybridized carbons (Fsp3) is 0.462. The molecule has 2 aromatic heterocycles. The van der Waals surface area contributed by atoms with Gasteiger partial charge in [0.25, 0.3) is 5.56 Å². The molecule has 2 aromatic rings. The maximum absolute atomic E-state index is 12.0. The maximum atomic E-state index is 12.0. The van der Waals surface area contributed by atoms with Gasteiger partial charge < -0.3 is 9.84 Å². The number of aromatic nitrogens is 2. The van der Waals surface area contributed by atoms with Gasteiger partial charge in [0.2, 0.25) is 0 Å². The summed E-state index contributed by atoms with van der Waals surface area (Å²) < 4.78 is 6.85. The van der Waals surface area contributed by atoms with E-state index >= 15 is 0 Å². The van der Waals surface area contributed by atoms with Crippen molar-refractivity contribution in [1.29, 1.82) is 0 Å². The lowest BCUT2D eigenvalue weighted by Crippen LogP contribution is -2.46. The van der Waals surface area contributed by atoms with Gasteiger partial charge in [-0.25, -0.2) is 4.98 Å². The van der Waals surface area contributed by atoms with Crippen molar-refractivity contribution in [3.63, 3.8) is 0 Å². The van der Waals surface area contributed by atoms with Crippen molar-refractivity contribution >= 4 is 22.3 Å². The third kappa shape index (κ3) is 3.12. The fourth-order valence-corrected chi connectivity index (χ4v) is 3.20. The zero-order valence-corrected chi connectivity index (χ0v) is 12.1. The summed E-state index contributed by atoms with van der Waals surface area (Å²) in [4.78, 5) is 30.0. The van der Waals surface area contributed by atoms with Gasteiger partial charge in [-0.3, -0.25) is 18.9 Å². The molecule has 1 aliphatic rings. The van der Waals surface area contributed by atoms with Crippen LogP contribution in [0, 0.1) is 0 Å². The van der Waals surface area contributed by atoms with E-state index in [9.17, 15) is 9.59 Å². The van der Waals surface area contributed by atoms with Crippen molar-refractivity contribution in [2.75, 3.05) is 19.8 Å². The summed E-state index contributed by atoms with van der Waals surface area (Å²) in [6, 6.07) is 1.33. The van der Waals surface area contributed by atoms with Crippen molar-refractivity contribution in [1.82, 2.24) is 14.3 Å². The molecule has 3 heterocycles. The van der Waals surface area contributed by atoms with E-state index in [0.29, 0.717) is 37.0 Å². The Morgan fingerprint density at radius 1 is 1.57 bits per heavy atom. The number of morpholine rings is 1. The zero-order valence-electron chi connectivity index (χ0n) is 11.3. The van der Waals surface area contributed by atoms with E-state index in [1.54, 1.807) is 6.20 Å². The van der Waals surface area contributed by atoms with Gasteiger partial charge in [0.15, 0.2) is 4.96 Å². The molecule has 1 aliphatic heterocycles. The largest absolute Gasteiger partial charge is 0.481 e. The first kappa shape index (κ1) is 14.2. The molecule has 1 fully saturated rings. The summed E-state index contributed by atoms with van der Waals surface area (Å²) in [5, 5.41) is 10.8. The first-order chi connectivity index (χ1) is 10.1. The fourth-order valence-electron chi connectivity index (χ4n) is 2.46. The second-order valence-electron chi connectivity index (χ2n) is 4.94. The van der Waals surface area contributed by atoms with Crippen LogP contribution in [-0.2, 0) is 16.1 Å². The molecule has 0 radical (unpaired) electrons. The summed E-state index contributed by atoms with van der Waals surface area (Å²) in [5.74, 6) is -0.850. The summed E-state index contributed by atoms with van der Waals surface area (Å²) in [6.07, 6.45) is 1.72. The Balaban J connectivity index is 1.82. The third-order valence-corrected chi connectivity index (χ3v) is 4.24. The molecule has 0 saturated carbocycles. The second kappa shape index (κ2) is 5.92. The summed E-state index contributed by atoms with van der Waals surface area (Å²) in [6.45, 7) is 2.07. The predicted octanol–water partition coefficient (Wildman–Crippen LogP) is 0.432. The van der Waals surface area contributed by atoms with Gasteiger partial charge in [-0.2, -0.15) is 0 Å². The van der Waals surface area contributed by atoms with Crippen molar-refractivity contribution in [3.05, 3.63) is 33.7 Å². The van der Waals surface area contributed by atoms with Crippen molar-refractivity contribution in [2.45, 2.75) is 19.0 Å². The highest BCUT2D eigenvalue weighted by molar-refractivity contribution is 7.15. The van der Waals surface area contributed by atoms with Gasteiger partial charge in [0.1, 0.15) is 0 Å². The Labute approximate surface area is 124 Å². The highest BCUT2D eigenvalue weighted by Gasteiger charge is 2.25. The molecule has 1 unspecified atom stereocenters. The predicted molar refractivity (Wildman–Crippen MR) is 76.6 cm³/mol. The van der Waals surface area contributed by atoms with Gasteiger partial charge in [-0.05, 0) is 0 Å². The van der Waals surface area contributed by atoms with Crippen LogP contribution in [0.1, 0.15) is 12.1 Å². The van der Waals surface area contributed by atoms with Crippen LogP contribution in [0.4, 0.5) is 0 Å². The Bertz CT molecular complexity index is 711. The number of carboxylic acid groups (broad SMARTS) is 1. The average Bonchev–Trinajstić information content (AvgIpc) is 2.89. The normalized spacial score (nSPS) is 19.9.